The zero-order valence-corrected chi connectivity index (χ0v) is 11.6. The Morgan fingerprint density at radius 1 is 1.43 bits per heavy atom. The summed E-state index contributed by atoms with van der Waals surface area (Å²) >= 11 is 0. The van der Waals surface area contributed by atoms with Gasteiger partial charge in [0.05, 0.1) is 11.3 Å². The third kappa shape index (κ3) is 3.13. The van der Waals surface area contributed by atoms with E-state index in [1.54, 1.807) is 12.1 Å². The topological polar surface area (TPSA) is 98.7 Å². The number of carbonyl (C=O) groups excluding carboxylic acids is 2. The van der Waals surface area contributed by atoms with Crippen molar-refractivity contribution >= 4 is 23.6 Å². The third-order valence-electron chi connectivity index (χ3n) is 3.38. The lowest BCUT2D eigenvalue weighted by molar-refractivity contribution is -0.127. The molecule has 1 saturated heterocycles. The number of anilines is 1. The molecule has 1 aliphatic rings. The number of benzene rings is 1. The summed E-state index contributed by atoms with van der Waals surface area (Å²) in [6.45, 7) is 2.61. The van der Waals surface area contributed by atoms with Crippen LogP contribution in [0.15, 0.2) is 24.3 Å². The fraction of sp³-hybridized carbons (Fsp3) is 0.357. The molecule has 0 spiro atoms. The number of carbonyl (C=O) groups is 3. The van der Waals surface area contributed by atoms with Crippen molar-refractivity contribution in [3.63, 3.8) is 0 Å². The number of hydrogen-bond acceptors (Lipinski definition) is 3. The number of nitrogens with one attached hydrogen (secondary N) is 2. The van der Waals surface area contributed by atoms with Gasteiger partial charge in [0.1, 0.15) is 6.04 Å². The van der Waals surface area contributed by atoms with Gasteiger partial charge in [0.25, 0.3) is 0 Å². The van der Waals surface area contributed by atoms with Gasteiger partial charge in [-0.3, -0.25) is 4.79 Å². The van der Waals surface area contributed by atoms with Crippen molar-refractivity contribution in [3.8, 4) is 0 Å². The van der Waals surface area contributed by atoms with Crippen molar-refractivity contribution in [1.82, 2.24) is 10.2 Å². The Labute approximate surface area is 121 Å². The maximum absolute atomic E-state index is 12.3. The molecule has 7 nitrogen and oxygen atoms in total. The van der Waals surface area contributed by atoms with Crippen molar-refractivity contribution in [1.29, 1.82) is 0 Å². The number of urea groups is 1. The van der Waals surface area contributed by atoms with Gasteiger partial charge in [0, 0.05) is 13.1 Å². The monoisotopic (exact) mass is 291 g/mol. The largest absolute Gasteiger partial charge is 0.478 e. The normalized spacial score (nSPS) is 18.0. The second-order valence-corrected chi connectivity index (χ2v) is 4.69. The van der Waals surface area contributed by atoms with Crippen molar-refractivity contribution in [2.45, 2.75) is 19.4 Å². The Morgan fingerprint density at radius 3 is 2.81 bits per heavy atom. The number of aromatic carboxylic acids is 1. The van der Waals surface area contributed by atoms with E-state index in [9.17, 15) is 14.4 Å². The number of nitrogens with zero attached hydrogens (tertiary/aromatic N) is 1. The zero-order valence-electron chi connectivity index (χ0n) is 11.6. The predicted molar refractivity (Wildman–Crippen MR) is 76.2 cm³/mol. The Bertz CT molecular complexity index is 573. The number of piperazine rings is 1. The molecule has 3 amide bonds. The highest BCUT2D eigenvalue weighted by atomic mass is 16.4. The molecule has 1 aliphatic heterocycles. The number of hydrogen-bond donors (Lipinski definition) is 3. The minimum atomic E-state index is -1.12. The average Bonchev–Trinajstić information content (AvgIpc) is 2.47. The summed E-state index contributed by atoms with van der Waals surface area (Å²) in [5, 5.41) is 14.4. The van der Waals surface area contributed by atoms with E-state index in [0.717, 1.165) is 0 Å². The van der Waals surface area contributed by atoms with E-state index in [-0.39, 0.29) is 17.2 Å². The maximum Gasteiger partial charge on any atom is 0.337 e. The van der Waals surface area contributed by atoms with Gasteiger partial charge < -0.3 is 20.6 Å². The molecule has 1 aromatic rings. The first-order chi connectivity index (χ1) is 10.0. The Balaban J connectivity index is 2.18. The quantitative estimate of drug-likeness (QED) is 0.777. The Hall–Kier alpha value is -2.57. The van der Waals surface area contributed by atoms with Crippen molar-refractivity contribution in [2.75, 3.05) is 18.4 Å². The first kappa shape index (κ1) is 14.8. The smallest absolute Gasteiger partial charge is 0.337 e. The molecule has 1 fully saturated rings. The summed E-state index contributed by atoms with van der Waals surface area (Å²) in [5.74, 6) is -1.31. The van der Waals surface area contributed by atoms with Crippen LogP contribution in [0.4, 0.5) is 10.5 Å². The summed E-state index contributed by atoms with van der Waals surface area (Å²) in [7, 11) is 0. The maximum atomic E-state index is 12.3. The molecule has 0 saturated carbocycles. The van der Waals surface area contributed by atoms with Gasteiger partial charge in [-0.15, -0.1) is 0 Å². The zero-order chi connectivity index (χ0) is 15.4. The molecule has 7 heteroatoms. The molecule has 1 aromatic carbocycles. The molecule has 0 bridgehead atoms. The Morgan fingerprint density at radius 2 is 2.14 bits per heavy atom. The number of carboxylic acid groups (broad SMARTS) is 1. The van der Waals surface area contributed by atoms with Crippen molar-refractivity contribution < 1.29 is 19.5 Å². The van der Waals surface area contributed by atoms with Gasteiger partial charge in [0.2, 0.25) is 5.91 Å². The van der Waals surface area contributed by atoms with Crippen LogP contribution in [0.5, 0.6) is 0 Å². The lowest BCUT2D eigenvalue weighted by Crippen LogP contribution is -2.57. The van der Waals surface area contributed by atoms with E-state index in [0.29, 0.717) is 19.5 Å². The van der Waals surface area contributed by atoms with Crippen LogP contribution < -0.4 is 10.6 Å². The predicted octanol–water partition coefficient (Wildman–Crippen LogP) is 1.13. The van der Waals surface area contributed by atoms with E-state index < -0.39 is 18.0 Å². The molecule has 112 valence electrons. The molecule has 3 N–H and O–H groups in total. The van der Waals surface area contributed by atoms with Gasteiger partial charge in [-0.05, 0) is 18.6 Å². The van der Waals surface area contributed by atoms with Crippen LogP contribution in [-0.4, -0.2) is 47.0 Å². The lowest BCUT2D eigenvalue weighted by Gasteiger charge is -2.34. The molecular weight excluding hydrogens is 274 g/mol. The molecule has 21 heavy (non-hydrogen) atoms. The highest BCUT2D eigenvalue weighted by molar-refractivity contribution is 6.01. The average molecular weight is 291 g/mol. The summed E-state index contributed by atoms with van der Waals surface area (Å²) in [6, 6.07) is 5.16. The molecule has 2 rings (SSSR count). The number of rotatable bonds is 3. The lowest BCUT2D eigenvalue weighted by atomic mass is 10.1. The first-order valence-electron chi connectivity index (χ1n) is 6.72. The van der Waals surface area contributed by atoms with Gasteiger partial charge in [-0.1, -0.05) is 19.1 Å². The number of para-hydroxylation sites is 1. The van der Waals surface area contributed by atoms with E-state index in [1.807, 2.05) is 6.92 Å². The molecular formula is C14H17N3O4. The fourth-order valence-corrected chi connectivity index (χ4v) is 2.33. The number of carboxylic acids is 1. The van der Waals surface area contributed by atoms with Gasteiger partial charge >= 0.3 is 12.0 Å². The van der Waals surface area contributed by atoms with E-state index in [2.05, 4.69) is 10.6 Å². The van der Waals surface area contributed by atoms with E-state index in [4.69, 9.17) is 5.11 Å². The minimum absolute atomic E-state index is 0.0142. The SMILES string of the molecule is CCC1C(=O)NCCN1C(=O)Nc1ccccc1C(=O)O. The molecule has 0 aliphatic carbocycles. The number of amides is 3. The summed E-state index contributed by atoms with van der Waals surface area (Å²) in [5.41, 5.74) is 0.233. The molecule has 1 heterocycles. The van der Waals surface area contributed by atoms with Crippen LogP contribution in [0, 0.1) is 0 Å². The van der Waals surface area contributed by atoms with Crippen LogP contribution in [0.3, 0.4) is 0 Å². The van der Waals surface area contributed by atoms with Crippen LogP contribution in [0.25, 0.3) is 0 Å². The van der Waals surface area contributed by atoms with Crippen LogP contribution in [0.1, 0.15) is 23.7 Å². The first-order valence-corrected chi connectivity index (χ1v) is 6.72. The summed E-state index contributed by atoms with van der Waals surface area (Å²) in [6.07, 6.45) is 0.500. The van der Waals surface area contributed by atoms with Gasteiger partial charge in [0.15, 0.2) is 0 Å². The molecule has 1 atom stereocenters. The summed E-state index contributed by atoms with van der Waals surface area (Å²) < 4.78 is 0. The van der Waals surface area contributed by atoms with Crippen LogP contribution in [-0.2, 0) is 4.79 Å². The van der Waals surface area contributed by atoms with E-state index in [1.165, 1.54) is 17.0 Å². The van der Waals surface area contributed by atoms with Crippen LogP contribution >= 0.6 is 0 Å². The Kier molecular flexibility index (Phi) is 4.42. The highest BCUT2D eigenvalue weighted by Crippen LogP contribution is 2.17. The molecule has 0 radical (unpaired) electrons. The minimum Gasteiger partial charge on any atom is -0.478 e. The summed E-state index contributed by atoms with van der Waals surface area (Å²) in [4.78, 5) is 36.6. The van der Waals surface area contributed by atoms with Crippen LogP contribution in [0.2, 0.25) is 0 Å². The molecule has 1 unspecified atom stereocenters. The highest BCUT2D eigenvalue weighted by Gasteiger charge is 2.31. The third-order valence-corrected chi connectivity index (χ3v) is 3.38. The van der Waals surface area contributed by atoms with Crippen molar-refractivity contribution in [2.24, 2.45) is 0 Å². The van der Waals surface area contributed by atoms with Crippen molar-refractivity contribution in [3.05, 3.63) is 29.8 Å². The second-order valence-electron chi connectivity index (χ2n) is 4.69. The fourth-order valence-electron chi connectivity index (χ4n) is 2.33. The van der Waals surface area contributed by atoms with Gasteiger partial charge in [-0.25, -0.2) is 9.59 Å². The standard InChI is InChI=1S/C14H17N3O4/c1-2-11-12(18)15-7-8-17(11)14(21)16-10-6-4-3-5-9(10)13(19)20/h3-6,11H,2,7-8H2,1H3,(H,15,18)(H,16,21)(H,19,20). The molecule has 0 aromatic heterocycles. The van der Waals surface area contributed by atoms with E-state index >= 15 is 0 Å². The second kappa shape index (κ2) is 6.25. The van der Waals surface area contributed by atoms with Gasteiger partial charge in [-0.2, -0.15) is 0 Å².